The van der Waals surface area contributed by atoms with Crippen LogP contribution in [0.1, 0.15) is 60.4 Å². The van der Waals surface area contributed by atoms with Gasteiger partial charge < -0.3 is 15.0 Å². The van der Waals surface area contributed by atoms with E-state index in [2.05, 4.69) is 22.4 Å². The van der Waals surface area contributed by atoms with Gasteiger partial charge in [0.2, 0.25) is 0 Å². The number of aromatic nitrogens is 2. The highest BCUT2D eigenvalue weighted by molar-refractivity contribution is 5.92. The Balaban J connectivity index is 1.64. The number of hydrogen-bond acceptors (Lipinski definition) is 6. The van der Waals surface area contributed by atoms with Crippen LogP contribution in [0.2, 0.25) is 0 Å². The number of piperidine rings is 1. The number of nitrogens with zero attached hydrogens (tertiary/aromatic N) is 3. The molecule has 1 aromatic heterocycles. The van der Waals surface area contributed by atoms with Crippen molar-refractivity contribution in [2.24, 2.45) is 0 Å². The van der Waals surface area contributed by atoms with Gasteiger partial charge in [0, 0.05) is 18.3 Å². The topological polar surface area (TPSA) is 84.4 Å². The molecule has 7 heteroatoms. The van der Waals surface area contributed by atoms with Gasteiger partial charge >= 0.3 is 5.97 Å². The third-order valence-corrected chi connectivity index (χ3v) is 4.91. The molecule has 1 N–H and O–H groups in total. The van der Waals surface area contributed by atoms with E-state index in [1.807, 2.05) is 4.90 Å². The Bertz CT molecular complexity index is 805. The lowest BCUT2D eigenvalue weighted by atomic mass is 9.99. The number of carbonyl (C=O) groups is 2. The first-order chi connectivity index (χ1) is 13.6. The Morgan fingerprint density at radius 3 is 2.54 bits per heavy atom. The first-order valence-corrected chi connectivity index (χ1v) is 9.81. The Morgan fingerprint density at radius 2 is 1.89 bits per heavy atom. The van der Waals surface area contributed by atoms with Gasteiger partial charge in [0.15, 0.2) is 11.5 Å². The molecular weight excluding hydrogens is 356 g/mol. The molecule has 3 rings (SSSR count). The summed E-state index contributed by atoms with van der Waals surface area (Å²) in [5, 5.41) is 11.4. The van der Waals surface area contributed by atoms with Crippen LogP contribution in [0, 0.1) is 0 Å². The molecular formula is C21H26N4O3. The Kier molecular flexibility index (Phi) is 6.57. The summed E-state index contributed by atoms with van der Waals surface area (Å²) in [7, 11) is 0. The molecule has 1 aliphatic rings. The Hall–Kier alpha value is -2.96. The highest BCUT2D eigenvalue weighted by atomic mass is 16.5. The van der Waals surface area contributed by atoms with E-state index in [1.165, 1.54) is 6.42 Å². The lowest BCUT2D eigenvalue weighted by Crippen LogP contribution is -2.43. The average molecular weight is 382 g/mol. The zero-order valence-electron chi connectivity index (χ0n) is 16.4. The number of nitrogens with one attached hydrogen (secondary N) is 1. The lowest BCUT2D eigenvalue weighted by molar-refractivity contribution is 0.0525. The van der Waals surface area contributed by atoms with E-state index < -0.39 is 0 Å². The van der Waals surface area contributed by atoms with E-state index in [1.54, 1.807) is 43.3 Å². The quantitative estimate of drug-likeness (QED) is 0.765. The van der Waals surface area contributed by atoms with Crippen molar-refractivity contribution in [2.75, 3.05) is 18.5 Å². The number of hydrogen-bond donors (Lipinski definition) is 1. The number of benzene rings is 1. The van der Waals surface area contributed by atoms with Crippen molar-refractivity contribution < 1.29 is 14.3 Å². The van der Waals surface area contributed by atoms with Gasteiger partial charge in [-0.2, -0.15) is 0 Å². The van der Waals surface area contributed by atoms with E-state index in [0.29, 0.717) is 29.7 Å². The van der Waals surface area contributed by atoms with Crippen molar-refractivity contribution in [3.05, 3.63) is 47.7 Å². The normalized spacial score (nSPS) is 16.5. The third-order valence-electron chi connectivity index (χ3n) is 4.91. The van der Waals surface area contributed by atoms with E-state index >= 15 is 0 Å². The van der Waals surface area contributed by atoms with Gasteiger partial charge in [-0.3, -0.25) is 4.79 Å². The number of rotatable bonds is 6. The second kappa shape index (κ2) is 9.30. The van der Waals surface area contributed by atoms with Crippen molar-refractivity contribution >= 4 is 23.4 Å². The zero-order valence-corrected chi connectivity index (χ0v) is 16.4. The minimum Gasteiger partial charge on any atom is -0.462 e. The fourth-order valence-corrected chi connectivity index (χ4v) is 3.40. The van der Waals surface area contributed by atoms with Gasteiger partial charge in [-0.05, 0) is 69.0 Å². The minimum atomic E-state index is -0.347. The molecule has 1 fully saturated rings. The van der Waals surface area contributed by atoms with Crippen molar-refractivity contribution in [3.8, 4) is 0 Å². The van der Waals surface area contributed by atoms with Gasteiger partial charge in [0.25, 0.3) is 5.91 Å². The first kappa shape index (κ1) is 19.8. The molecule has 2 aromatic rings. The van der Waals surface area contributed by atoms with Crippen LogP contribution in [0.5, 0.6) is 0 Å². The summed E-state index contributed by atoms with van der Waals surface area (Å²) in [4.78, 5) is 26.4. The van der Waals surface area contributed by atoms with Crippen LogP contribution in [0.3, 0.4) is 0 Å². The molecule has 28 heavy (non-hydrogen) atoms. The molecule has 1 aromatic carbocycles. The lowest BCUT2D eigenvalue weighted by Gasteiger charge is -2.34. The molecule has 1 unspecified atom stereocenters. The molecule has 1 amide bonds. The summed E-state index contributed by atoms with van der Waals surface area (Å²) < 4.78 is 4.97. The minimum absolute atomic E-state index is 0.0515. The second-order valence-electron chi connectivity index (χ2n) is 6.78. The maximum Gasteiger partial charge on any atom is 0.338 e. The first-order valence-electron chi connectivity index (χ1n) is 9.81. The molecule has 0 aliphatic carbocycles. The van der Waals surface area contributed by atoms with Crippen molar-refractivity contribution in [1.29, 1.82) is 0 Å². The molecule has 0 radical (unpaired) electrons. The van der Waals surface area contributed by atoms with E-state index in [-0.39, 0.29) is 11.9 Å². The standard InChI is InChI=1S/C21H26N4O3/c1-3-17-7-5-6-14-25(17)20(26)18-12-13-19(24-23-18)22-16-10-8-15(9-11-16)21(27)28-4-2/h8-13,17H,3-7,14H2,1-2H3,(H,22,24). The SMILES string of the molecule is CCOC(=O)c1ccc(Nc2ccc(C(=O)N3CCCCC3CC)nn2)cc1. The Morgan fingerprint density at radius 1 is 1.11 bits per heavy atom. The van der Waals surface area contributed by atoms with E-state index in [4.69, 9.17) is 4.74 Å². The second-order valence-corrected chi connectivity index (χ2v) is 6.78. The van der Waals surface area contributed by atoms with Gasteiger partial charge in [-0.25, -0.2) is 4.79 Å². The summed E-state index contributed by atoms with van der Waals surface area (Å²) in [5.74, 6) is 0.135. The van der Waals surface area contributed by atoms with Gasteiger partial charge in [0.05, 0.1) is 12.2 Å². The summed E-state index contributed by atoms with van der Waals surface area (Å²) in [5.41, 5.74) is 1.62. The molecule has 1 aliphatic heterocycles. The molecule has 2 heterocycles. The Labute approximate surface area is 165 Å². The number of likely N-dealkylation sites (tertiary alicyclic amines) is 1. The largest absolute Gasteiger partial charge is 0.462 e. The number of carbonyl (C=O) groups excluding carboxylic acids is 2. The smallest absolute Gasteiger partial charge is 0.338 e. The maximum absolute atomic E-state index is 12.8. The molecule has 0 bridgehead atoms. The van der Waals surface area contributed by atoms with Crippen molar-refractivity contribution in [1.82, 2.24) is 15.1 Å². The number of esters is 1. The predicted molar refractivity (Wildman–Crippen MR) is 107 cm³/mol. The molecule has 0 saturated carbocycles. The number of ether oxygens (including phenoxy) is 1. The third kappa shape index (κ3) is 4.65. The predicted octanol–water partition coefficient (Wildman–Crippen LogP) is 3.80. The van der Waals surface area contributed by atoms with Crippen molar-refractivity contribution in [3.63, 3.8) is 0 Å². The summed E-state index contributed by atoms with van der Waals surface area (Å²) in [6.07, 6.45) is 4.22. The van der Waals surface area contributed by atoms with Crippen LogP contribution in [-0.2, 0) is 4.74 Å². The number of amides is 1. The monoisotopic (exact) mass is 382 g/mol. The highest BCUT2D eigenvalue weighted by Gasteiger charge is 2.27. The summed E-state index contributed by atoms with van der Waals surface area (Å²) in [6, 6.07) is 10.6. The van der Waals surface area contributed by atoms with Crippen LogP contribution in [0.4, 0.5) is 11.5 Å². The molecule has 1 atom stereocenters. The van der Waals surface area contributed by atoms with Crippen LogP contribution in [0.25, 0.3) is 0 Å². The van der Waals surface area contributed by atoms with E-state index in [9.17, 15) is 9.59 Å². The van der Waals surface area contributed by atoms with Crippen LogP contribution in [-0.4, -0.2) is 46.2 Å². The summed E-state index contributed by atoms with van der Waals surface area (Å²) >= 11 is 0. The average Bonchev–Trinajstić information content (AvgIpc) is 2.74. The van der Waals surface area contributed by atoms with Gasteiger partial charge in [0.1, 0.15) is 0 Å². The molecule has 7 nitrogen and oxygen atoms in total. The van der Waals surface area contributed by atoms with Crippen LogP contribution < -0.4 is 5.32 Å². The molecule has 0 spiro atoms. The van der Waals surface area contributed by atoms with Gasteiger partial charge in [-0.1, -0.05) is 6.92 Å². The van der Waals surface area contributed by atoms with Crippen molar-refractivity contribution in [2.45, 2.75) is 45.6 Å². The van der Waals surface area contributed by atoms with E-state index in [0.717, 1.165) is 31.5 Å². The van der Waals surface area contributed by atoms with Crippen LogP contribution in [0.15, 0.2) is 36.4 Å². The fraction of sp³-hybridized carbons (Fsp3) is 0.429. The summed E-state index contributed by atoms with van der Waals surface area (Å²) in [6.45, 7) is 5.01. The maximum atomic E-state index is 12.8. The molecule has 1 saturated heterocycles. The highest BCUT2D eigenvalue weighted by Crippen LogP contribution is 2.22. The molecule has 148 valence electrons. The fourth-order valence-electron chi connectivity index (χ4n) is 3.40. The number of anilines is 2. The van der Waals surface area contributed by atoms with Crippen LogP contribution >= 0.6 is 0 Å². The zero-order chi connectivity index (χ0) is 19.9. The van der Waals surface area contributed by atoms with Gasteiger partial charge in [-0.15, -0.1) is 10.2 Å².